The Morgan fingerprint density at radius 1 is 1.30 bits per heavy atom. The van der Waals surface area contributed by atoms with Crippen LogP contribution in [0.25, 0.3) is 0 Å². The summed E-state index contributed by atoms with van der Waals surface area (Å²) in [5.74, 6) is -0.390. The van der Waals surface area contributed by atoms with Crippen molar-refractivity contribution in [3.05, 3.63) is 35.4 Å². The van der Waals surface area contributed by atoms with Gasteiger partial charge in [0.1, 0.15) is 0 Å². The second-order valence-electron chi connectivity index (χ2n) is 6.62. The van der Waals surface area contributed by atoms with E-state index in [9.17, 15) is 9.59 Å². The van der Waals surface area contributed by atoms with Crippen molar-refractivity contribution in [3.63, 3.8) is 0 Å². The predicted octanol–water partition coefficient (Wildman–Crippen LogP) is 2.04. The highest BCUT2D eigenvalue weighted by atomic mass is 16.5. The lowest BCUT2D eigenvalue weighted by molar-refractivity contribution is -0.135. The number of carbonyl (C=O) groups excluding carboxylic acids is 2. The van der Waals surface area contributed by atoms with E-state index in [4.69, 9.17) is 4.74 Å². The van der Waals surface area contributed by atoms with Gasteiger partial charge >= 0.3 is 0 Å². The van der Waals surface area contributed by atoms with Crippen LogP contribution in [0.15, 0.2) is 24.3 Å². The zero-order chi connectivity index (χ0) is 17.0. The Labute approximate surface area is 137 Å². The third kappa shape index (κ3) is 3.91. The monoisotopic (exact) mass is 318 g/mol. The Morgan fingerprint density at radius 2 is 2.00 bits per heavy atom. The second kappa shape index (κ2) is 7.13. The maximum Gasteiger partial charge on any atom is 0.251 e. The number of benzene rings is 1. The molecule has 2 unspecified atom stereocenters. The summed E-state index contributed by atoms with van der Waals surface area (Å²) in [5.41, 5.74) is 1.41. The summed E-state index contributed by atoms with van der Waals surface area (Å²) >= 11 is 0. The molecule has 0 aromatic heterocycles. The minimum absolute atomic E-state index is 0.0148. The Hall–Kier alpha value is -1.88. The van der Waals surface area contributed by atoms with Crippen molar-refractivity contribution < 1.29 is 14.3 Å². The fraction of sp³-hybridized carbons (Fsp3) is 0.556. The van der Waals surface area contributed by atoms with E-state index in [0.29, 0.717) is 12.2 Å². The smallest absolute Gasteiger partial charge is 0.251 e. The number of aryl methyl sites for hydroxylation is 1. The summed E-state index contributed by atoms with van der Waals surface area (Å²) in [5, 5.41) is 5.66. The molecule has 0 spiro atoms. The molecule has 1 aromatic carbocycles. The molecule has 2 atom stereocenters. The normalized spacial score (nSPS) is 22.1. The number of hydrogen-bond donors (Lipinski definition) is 2. The molecule has 0 radical (unpaired) electrons. The Morgan fingerprint density at radius 3 is 2.61 bits per heavy atom. The molecule has 2 rings (SSSR count). The zero-order valence-electron chi connectivity index (χ0n) is 14.3. The average Bonchev–Trinajstić information content (AvgIpc) is 2.52. The molecule has 5 nitrogen and oxygen atoms in total. The van der Waals surface area contributed by atoms with E-state index in [1.165, 1.54) is 0 Å². The molecule has 1 aliphatic rings. The SMILES string of the molecule is CCOC1CC(NC(=O)CNC(=O)c2ccccc2C)C1(C)C. The maximum atomic E-state index is 12.1. The van der Waals surface area contributed by atoms with Crippen molar-refractivity contribution in [1.82, 2.24) is 10.6 Å². The zero-order valence-corrected chi connectivity index (χ0v) is 14.3. The molecular weight excluding hydrogens is 292 g/mol. The van der Waals surface area contributed by atoms with Crippen LogP contribution in [-0.2, 0) is 9.53 Å². The van der Waals surface area contributed by atoms with Crippen molar-refractivity contribution >= 4 is 11.8 Å². The number of rotatable bonds is 6. The van der Waals surface area contributed by atoms with E-state index in [1.54, 1.807) is 6.07 Å². The molecule has 1 aliphatic carbocycles. The summed E-state index contributed by atoms with van der Waals surface area (Å²) in [6, 6.07) is 7.41. The molecular formula is C18H26N2O3. The third-order valence-electron chi connectivity index (χ3n) is 4.68. The standard InChI is InChI=1S/C18H26N2O3/c1-5-23-15-10-14(18(15,3)4)20-16(21)11-19-17(22)13-9-7-6-8-12(13)2/h6-9,14-15H,5,10-11H2,1-4H3,(H,19,22)(H,20,21). The van der Waals surface area contributed by atoms with Gasteiger partial charge in [-0.15, -0.1) is 0 Å². The van der Waals surface area contributed by atoms with E-state index in [-0.39, 0.29) is 35.9 Å². The van der Waals surface area contributed by atoms with Crippen LogP contribution in [0, 0.1) is 12.3 Å². The molecule has 5 heteroatoms. The van der Waals surface area contributed by atoms with Crippen LogP contribution >= 0.6 is 0 Å². The Balaban J connectivity index is 1.80. The number of carbonyl (C=O) groups is 2. The van der Waals surface area contributed by atoms with Crippen LogP contribution in [0.4, 0.5) is 0 Å². The summed E-state index contributed by atoms with van der Waals surface area (Å²) in [4.78, 5) is 24.1. The second-order valence-corrected chi connectivity index (χ2v) is 6.62. The molecule has 0 saturated heterocycles. The molecule has 23 heavy (non-hydrogen) atoms. The van der Waals surface area contributed by atoms with E-state index in [1.807, 2.05) is 32.0 Å². The largest absolute Gasteiger partial charge is 0.378 e. The topological polar surface area (TPSA) is 67.4 Å². The lowest BCUT2D eigenvalue weighted by atomic mass is 9.64. The van der Waals surface area contributed by atoms with Crippen LogP contribution in [0.3, 0.4) is 0 Å². The highest BCUT2D eigenvalue weighted by Crippen LogP contribution is 2.42. The van der Waals surface area contributed by atoms with Gasteiger partial charge < -0.3 is 15.4 Å². The van der Waals surface area contributed by atoms with E-state index >= 15 is 0 Å². The molecule has 126 valence electrons. The minimum Gasteiger partial charge on any atom is -0.378 e. The fourth-order valence-electron chi connectivity index (χ4n) is 2.94. The van der Waals surface area contributed by atoms with Crippen LogP contribution in [0.5, 0.6) is 0 Å². The first-order valence-electron chi connectivity index (χ1n) is 8.11. The van der Waals surface area contributed by atoms with Gasteiger partial charge in [0.25, 0.3) is 5.91 Å². The van der Waals surface area contributed by atoms with Gasteiger partial charge in [-0.25, -0.2) is 0 Å². The van der Waals surface area contributed by atoms with Crippen molar-refractivity contribution in [2.45, 2.75) is 46.3 Å². The summed E-state index contributed by atoms with van der Waals surface area (Å²) in [6.07, 6.45) is 0.998. The van der Waals surface area contributed by atoms with Gasteiger partial charge in [-0.3, -0.25) is 9.59 Å². The molecule has 1 saturated carbocycles. The molecule has 2 amide bonds. The molecule has 1 aromatic rings. The first kappa shape index (κ1) is 17.5. The van der Waals surface area contributed by atoms with Gasteiger partial charge in [-0.2, -0.15) is 0 Å². The average molecular weight is 318 g/mol. The van der Waals surface area contributed by atoms with Gasteiger partial charge in [0.05, 0.1) is 12.6 Å². The molecule has 1 fully saturated rings. The Bertz CT molecular complexity index is 583. The summed E-state index contributed by atoms with van der Waals surface area (Å²) < 4.78 is 5.65. The van der Waals surface area contributed by atoms with Gasteiger partial charge in [-0.05, 0) is 31.9 Å². The Kier molecular flexibility index (Phi) is 5.42. The van der Waals surface area contributed by atoms with Crippen LogP contribution in [0.2, 0.25) is 0 Å². The highest BCUT2D eigenvalue weighted by molar-refractivity contribution is 5.97. The first-order chi connectivity index (χ1) is 10.9. The molecule has 0 heterocycles. The van der Waals surface area contributed by atoms with E-state index in [2.05, 4.69) is 24.5 Å². The number of ether oxygens (including phenoxy) is 1. The molecule has 0 aliphatic heterocycles. The molecule has 2 N–H and O–H groups in total. The van der Waals surface area contributed by atoms with Crippen molar-refractivity contribution in [2.75, 3.05) is 13.2 Å². The highest BCUT2D eigenvalue weighted by Gasteiger charge is 2.49. The quantitative estimate of drug-likeness (QED) is 0.843. The molecule has 0 bridgehead atoms. The van der Waals surface area contributed by atoms with Crippen molar-refractivity contribution in [3.8, 4) is 0 Å². The summed E-state index contributed by atoms with van der Waals surface area (Å²) in [7, 11) is 0. The van der Waals surface area contributed by atoms with Crippen LogP contribution in [-0.4, -0.2) is 37.1 Å². The number of nitrogens with one attached hydrogen (secondary N) is 2. The predicted molar refractivity (Wildman–Crippen MR) is 89.3 cm³/mol. The lowest BCUT2D eigenvalue weighted by Gasteiger charge is -2.51. The van der Waals surface area contributed by atoms with Gasteiger partial charge in [-0.1, -0.05) is 32.0 Å². The van der Waals surface area contributed by atoms with Gasteiger partial charge in [0, 0.05) is 23.6 Å². The van der Waals surface area contributed by atoms with Crippen molar-refractivity contribution in [1.29, 1.82) is 0 Å². The summed E-state index contributed by atoms with van der Waals surface area (Å²) in [6.45, 7) is 8.70. The minimum atomic E-state index is -0.224. The first-order valence-corrected chi connectivity index (χ1v) is 8.11. The van der Waals surface area contributed by atoms with Crippen LogP contribution < -0.4 is 10.6 Å². The van der Waals surface area contributed by atoms with E-state index in [0.717, 1.165) is 12.0 Å². The number of amides is 2. The van der Waals surface area contributed by atoms with Crippen LogP contribution in [0.1, 0.15) is 43.1 Å². The van der Waals surface area contributed by atoms with E-state index < -0.39 is 0 Å². The number of hydrogen-bond acceptors (Lipinski definition) is 3. The maximum absolute atomic E-state index is 12.1. The third-order valence-corrected chi connectivity index (χ3v) is 4.68. The van der Waals surface area contributed by atoms with Crippen molar-refractivity contribution in [2.24, 2.45) is 5.41 Å². The van der Waals surface area contributed by atoms with Gasteiger partial charge in [0.2, 0.25) is 5.91 Å². The van der Waals surface area contributed by atoms with Gasteiger partial charge in [0.15, 0.2) is 0 Å². The lowest BCUT2D eigenvalue weighted by Crippen LogP contribution is -2.62. The fourth-order valence-corrected chi connectivity index (χ4v) is 2.94.